The fourth-order valence-electron chi connectivity index (χ4n) is 2.77. The van der Waals surface area contributed by atoms with Crippen molar-refractivity contribution in [2.24, 2.45) is 5.73 Å². The van der Waals surface area contributed by atoms with Gasteiger partial charge in [0, 0.05) is 44.3 Å². The van der Waals surface area contributed by atoms with Gasteiger partial charge >= 0.3 is 0 Å². The summed E-state index contributed by atoms with van der Waals surface area (Å²) < 4.78 is 5.86. The van der Waals surface area contributed by atoms with Gasteiger partial charge in [0.05, 0.1) is 6.61 Å². The molecule has 4 heteroatoms. The van der Waals surface area contributed by atoms with Crippen molar-refractivity contribution in [2.45, 2.75) is 25.9 Å². The molecule has 1 aliphatic rings. The second-order valence-corrected chi connectivity index (χ2v) is 5.66. The Kier molecular flexibility index (Phi) is 5.83. The van der Waals surface area contributed by atoms with Gasteiger partial charge < -0.3 is 15.4 Å². The zero-order valence-corrected chi connectivity index (χ0v) is 12.7. The van der Waals surface area contributed by atoms with E-state index in [2.05, 4.69) is 23.8 Å². The van der Waals surface area contributed by atoms with E-state index in [4.69, 9.17) is 10.5 Å². The molecule has 0 bridgehead atoms. The largest absolute Gasteiger partial charge is 0.493 e. The first-order valence-corrected chi connectivity index (χ1v) is 7.54. The van der Waals surface area contributed by atoms with Crippen LogP contribution >= 0.6 is 0 Å². The number of likely N-dealkylation sites (N-methyl/N-ethyl adjacent to an activating group) is 1. The minimum absolute atomic E-state index is 0.533. The standard InChI is InChI=1S/C16H27N3O/c1-14-13-18(2)9-10-19(14)8-5-11-20-16-7-4-3-6-15(16)12-17/h3-4,6-7,14H,5,8-13,17H2,1-2H3. The monoisotopic (exact) mass is 277 g/mol. The summed E-state index contributed by atoms with van der Waals surface area (Å²) in [6.07, 6.45) is 1.06. The third kappa shape index (κ3) is 4.20. The summed E-state index contributed by atoms with van der Waals surface area (Å²) in [6, 6.07) is 8.67. The van der Waals surface area contributed by atoms with Gasteiger partial charge in [-0.1, -0.05) is 18.2 Å². The Labute approximate surface area is 122 Å². The zero-order chi connectivity index (χ0) is 14.4. The molecule has 0 aromatic heterocycles. The summed E-state index contributed by atoms with van der Waals surface area (Å²) in [6.45, 7) is 8.21. The molecule has 1 aromatic rings. The van der Waals surface area contributed by atoms with E-state index in [1.807, 2.05) is 24.3 Å². The average Bonchev–Trinajstić information content (AvgIpc) is 2.46. The maximum Gasteiger partial charge on any atom is 0.123 e. The molecule has 1 saturated heterocycles. The van der Waals surface area contributed by atoms with Crippen LogP contribution in [0.2, 0.25) is 0 Å². The molecule has 1 heterocycles. The Bertz CT molecular complexity index is 410. The lowest BCUT2D eigenvalue weighted by Gasteiger charge is -2.38. The first kappa shape index (κ1) is 15.3. The second kappa shape index (κ2) is 7.62. The summed E-state index contributed by atoms with van der Waals surface area (Å²) in [5.74, 6) is 0.932. The topological polar surface area (TPSA) is 41.7 Å². The van der Waals surface area contributed by atoms with Crippen LogP contribution in [0.3, 0.4) is 0 Å². The molecule has 0 saturated carbocycles. The van der Waals surface area contributed by atoms with E-state index < -0.39 is 0 Å². The number of benzene rings is 1. The highest BCUT2D eigenvalue weighted by molar-refractivity contribution is 5.32. The van der Waals surface area contributed by atoms with Gasteiger partial charge in [-0.15, -0.1) is 0 Å². The number of para-hydroxylation sites is 1. The van der Waals surface area contributed by atoms with Crippen LogP contribution < -0.4 is 10.5 Å². The van der Waals surface area contributed by atoms with Crippen molar-refractivity contribution >= 4 is 0 Å². The molecule has 2 rings (SSSR count). The minimum atomic E-state index is 0.533. The lowest BCUT2D eigenvalue weighted by atomic mass is 10.2. The van der Waals surface area contributed by atoms with Crippen LogP contribution in [-0.2, 0) is 6.54 Å². The van der Waals surface area contributed by atoms with Crippen molar-refractivity contribution in [1.29, 1.82) is 0 Å². The molecule has 0 spiro atoms. The predicted octanol–water partition coefficient (Wildman–Crippen LogP) is 1.55. The molecular formula is C16H27N3O. The van der Waals surface area contributed by atoms with Crippen LogP contribution in [0.15, 0.2) is 24.3 Å². The third-order valence-corrected chi connectivity index (χ3v) is 4.01. The summed E-state index contributed by atoms with van der Waals surface area (Å²) in [4.78, 5) is 4.95. The van der Waals surface area contributed by atoms with Crippen molar-refractivity contribution in [3.8, 4) is 5.75 Å². The Morgan fingerprint density at radius 1 is 1.30 bits per heavy atom. The molecule has 1 atom stereocenters. The van der Waals surface area contributed by atoms with Gasteiger partial charge in [0.25, 0.3) is 0 Å². The van der Waals surface area contributed by atoms with E-state index in [0.717, 1.165) is 44.0 Å². The number of ether oxygens (including phenoxy) is 1. The van der Waals surface area contributed by atoms with Crippen molar-refractivity contribution in [2.75, 3.05) is 39.8 Å². The molecule has 20 heavy (non-hydrogen) atoms. The lowest BCUT2D eigenvalue weighted by Crippen LogP contribution is -2.50. The molecule has 1 unspecified atom stereocenters. The Hall–Kier alpha value is -1.10. The lowest BCUT2D eigenvalue weighted by molar-refractivity contribution is 0.0945. The summed E-state index contributed by atoms with van der Waals surface area (Å²) in [5.41, 5.74) is 6.79. The van der Waals surface area contributed by atoms with E-state index in [1.54, 1.807) is 0 Å². The molecular weight excluding hydrogens is 250 g/mol. The number of piperazine rings is 1. The van der Waals surface area contributed by atoms with Crippen LogP contribution in [0, 0.1) is 0 Å². The molecule has 2 N–H and O–H groups in total. The maximum absolute atomic E-state index is 5.86. The Balaban J connectivity index is 1.71. The first-order chi connectivity index (χ1) is 9.70. The van der Waals surface area contributed by atoms with Gasteiger partial charge in [0.2, 0.25) is 0 Å². The zero-order valence-electron chi connectivity index (χ0n) is 12.7. The van der Waals surface area contributed by atoms with E-state index in [1.165, 1.54) is 6.54 Å². The van der Waals surface area contributed by atoms with Gasteiger partial charge in [-0.05, 0) is 26.5 Å². The van der Waals surface area contributed by atoms with Crippen LogP contribution in [0.5, 0.6) is 5.75 Å². The van der Waals surface area contributed by atoms with Crippen LogP contribution in [0.1, 0.15) is 18.9 Å². The number of hydrogen-bond donors (Lipinski definition) is 1. The van der Waals surface area contributed by atoms with Gasteiger partial charge in [0.15, 0.2) is 0 Å². The molecule has 1 fully saturated rings. The highest BCUT2D eigenvalue weighted by atomic mass is 16.5. The highest BCUT2D eigenvalue weighted by Gasteiger charge is 2.20. The summed E-state index contributed by atoms with van der Waals surface area (Å²) >= 11 is 0. The van der Waals surface area contributed by atoms with E-state index in [-0.39, 0.29) is 0 Å². The van der Waals surface area contributed by atoms with Crippen molar-refractivity contribution in [3.05, 3.63) is 29.8 Å². The number of rotatable bonds is 6. The minimum Gasteiger partial charge on any atom is -0.493 e. The van der Waals surface area contributed by atoms with Crippen molar-refractivity contribution < 1.29 is 4.74 Å². The van der Waals surface area contributed by atoms with Crippen molar-refractivity contribution in [3.63, 3.8) is 0 Å². The van der Waals surface area contributed by atoms with Crippen LogP contribution in [0.4, 0.5) is 0 Å². The van der Waals surface area contributed by atoms with Crippen LogP contribution in [0.25, 0.3) is 0 Å². The van der Waals surface area contributed by atoms with Gasteiger partial charge in [-0.3, -0.25) is 4.90 Å². The molecule has 0 amide bonds. The summed E-state index contributed by atoms with van der Waals surface area (Å²) in [5, 5.41) is 0. The Morgan fingerprint density at radius 2 is 2.10 bits per heavy atom. The molecule has 112 valence electrons. The van der Waals surface area contributed by atoms with Gasteiger partial charge in [0.1, 0.15) is 5.75 Å². The number of nitrogens with two attached hydrogens (primary N) is 1. The molecule has 1 aromatic carbocycles. The van der Waals surface area contributed by atoms with E-state index >= 15 is 0 Å². The third-order valence-electron chi connectivity index (χ3n) is 4.01. The normalized spacial score (nSPS) is 21.1. The molecule has 0 radical (unpaired) electrons. The van der Waals surface area contributed by atoms with Crippen molar-refractivity contribution in [1.82, 2.24) is 9.80 Å². The van der Waals surface area contributed by atoms with Crippen LogP contribution in [-0.4, -0.2) is 55.7 Å². The van der Waals surface area contributed by atoms with E-state index in [0.29, 0.717) is 12.6 Å². The number of hydrogen-bond acceptors (Lipinski definition) is 4. The smallest absolute Gasteiger partial charge is 0.123 e. The fourth-order valence-corrected chi connectivity index (χ4v) is 2.77. The quantitative estimate of drug-likeness (QED) is 0.801. The van der Waals surface area contributed by atoms with Gasteiger partial charge in [-0.2, -0.15) is 0 Å². The second-order valence-electron chi connectivity index (χ2n) is 5.66. The molecule has 1 aliphatic heterocycles. The van der Waals surface area contributed by atoms with E-state index in [9.17, 15) is 0 Å². The first-order valence-electron chi connectivity index (χ1n) is 7.54. The predicted molar refractivity (Wildman–Crippen MR) is 83.0 cm³/mol. The fraction of sp³-hybridized carbons (Fsp3) is 0.625. The number of nitrogens with zero attached hydrogens (tertiary/aromatic N) is 2. The summed E-state index contributed by atoms with van der Waals surface area (Å²) in [7, 11) is 2.20. The Morgan fingerprint density at radius 3 is 2.85 bits per heavy atom. The molecule has 4 nitrogen and oxygen atoms in total. The molecule has 0 aliphatic carbocycles. The van der Waals surface area contributed by atoms with Gasteiger partial charge in [-0.25, -0.2) is 0 Å². The average molecular weight is 277 g/mol. The highest BCUT2D eigenvalue weighted by Crippen LogP contribution is 2.17. The SMILES string of the molecule is CC1CN(C)CCN1CCCOc1ccccc1CN. The maximum atomic E-state index is 5.86.